The van der Waals surface area contributed by atoms with Crippen LogP contribution in [-0.4, -0.2) is 24.4 Å². The predicted octanol–water partition coefficient (Wildman–Crippen LogP) is 3.95. The molecule has 0 fully saturated rings. The summed E-state index contributed by atoms with van der Waals surface area (Å²) in [4.78, 5) is 0. The number of rotatable bonds is 9. The van der Waals surface area contributed by atoms with Gasteiger partial charge in [0.2, 0.25) is 0 Å². The van der Waals surface area contributed by atoms with Gasteiger partial charge in [0.05, 0.1) is 17.8 Å². The third-order valence-electron chi connectivity index (χ3n) is 3.44. The highest BCUT2D eigenvalue weighted by Gasteiger charge is 2.24. The molecule has 0 bridgehead atoms. The molecule has 0 saturated heterocycles. The van der Waals surface area contributed by atoms with Crippen molar-refractivity contribution in [2.24, 2.45) is 0 Å². The highest BCUT2D eigenvalue weighted by molar-refractivity contribution is 4.92. The standard InChI is InChI=1S/C14H28O2/c1-7-13(5,8-2)16-12-11-14(6,9-3)15-10-4/h7H,1,8-12H2,2-6H3. The molecule has 0 amide bonds. The van der Waals surface area contributed by atoms with Crippen LogP contribution in [0.1, 0.15) is 53.9 Å². The van der Waals surface area contributed by atoms with Crippen molar-refractivity contribution in [1.82, 2.24) is 0 Å². The van der Waals surface area contributed by atoms with Crippen molar-refractivity contribution < 1.29 is 9.47 Å². The molecule has 2 atom stereocenters. The number of hydrogen-bond acceptors (Lipinski definition) is 2. The van der Waals surface area contributed by atoms with Gasteiger partial charge in [-0.1, -0.05) is 19.9 Å². The Morgan fingerprint density at radius 3 is 2.06 bits per heavy atom. The number of hydrogen-bond donors (Lipinski definition) is 0. The molecule has 0 aliphatic carbocycles. The molecule has 96 valence electrons. The third kappa shape index (κ3) is 5.13. The molecule has 0 aromatic heterocycles. The molecule has 0 aliphatic rings. The van der Waals surface area contributed by atoms with Gasteiger partial charge in [0, 0.05) is 6.61 Å². The minimum atomic E-state index is -0.194. The maximum Gasteiger partial charge on any atom is 0.0829 e. The van der Waals surface area contributed by atoms with Gasteiger partial charge in [-0.25, -0.2) is 0 Å². The number of ether oxygens (including phenoxy) is 2. The average Bonchev–Trinajstić information content (AvgIpc) is 2.29. The first-order chi connectivity index (χ1) is 7.45. The first-order valence-electron chi connectivity index (χ1n) is 6.36. The zero-order valence-corrected chi connectivity index (χ0v) is 11.6. The lowest BCUT2D eigenvalue weighted by Gasteiger charge is -2.31. The lowest BCUT2D eigenvalue weighted by Crippen LogP contribution is -2.32. The van der Waals surface area contributed by atoms with Gasteiger partial charge in [0.1, 0.15) is 0 Å². The Kier molecular flexibility index (Phi) is 6.93. The molecule has 0 aromatic carbocycles. The minimum absolute atomic E-state index is 0.0510. The average molecular weight is 228 g/mol. The van der Waals surface area contributed by atoms with E-state index in [2.05, 4.69) is 34.3 Å². The second-order valence-electron chi connectivity index (χ2n) is 4.71. The summed E-state index contributed by atoms with van der Waals surface area (Å²) in [5.41, 5.74) is -0.245. The zero-order chi connectivity index (χ0) is 12.7. The fraction of sp³-hybridized carbons (Fsp3) is 0.857. The molecule has 0 N–H and O–H groups in total. The summed E-state index contributed by atoms with van der Waals surface area (Å²) in [6.07, 6.45) is 4.78. The topological polar surface area (TPSA) is 18.5 Å². The molecular formula is C14H28O2. The smallest absolute Gasteiger partial charge is 0.0829 e. The molecule has 16 heavy (non-hydrogen) atoms. The molecule has 0 heterocycles. The summed E-state index contributed by atoms with van der Waals surface area (Å²) in [6, 6.07) is 0. The Hall–Kier alpha value is -0.340. The van der Waals surface area contributed by atoms with Crippen LogP contribution in [0.2, 0.25) is 0 Å². The molecule has 0 radical (unpaired) electrons. The largest absolute Gasteiger partial charge is 0.375 e. The Morgan fingerprint density at radius 2 is 1.69 bits per heavy atom. The summed E-state index contributed by atoms with van der Waals surface area (Å²) in [5.74, 6) is 0. The van der Waals surface area contributed by atoms with E-state index in [-0.39, 0.29) is 11.2 Å². The molecule has 2 nitrogen and oxygen atoms in total. The van der Waals surface area contributed by atoms with E-state index in [1.807, 2.05) is 13.0 Å². The van der Waals surface area contributed by atoms with E-state index >= 15 is 0 Å². The van der Waals surface area contributed by atoms with Crippen LogP contribution in [0.5, 0.6) is 0 Å². The molecule has 0 aromatic rings. The van der Waals surface area contributed by atoms with Crippen molar-refractivity contribution in [3.05, 3.63) is 12.7 Å². The van der Waals surface area contributed by atoms with Crippen molar-refractivity contribution in [1.29, 1.82) is 0 Å². The van der Waals surface area contributed by atoms with Crippen LogP contribution in [0, 0.1) is 0 Å². The van der Waals surface area contributed by atoms with Crippen LogP contribution in [0.3, 0.4) is 0 Å². The van der Waals surface area contributed by atoms with Crippen LogP contribution in [0.25, 0.3) is 0 Å². The second-order valence-corrected chi connectivity index (χ2v) is 4.71. The minimum Gasteiger partial charge on any atom is -0.375 e. The van der Waals surface area contributed by atoms with Gasteiger partial charge in [0.15, 0.2) is 0 Å². The quantitative estimate of drug-likeness (QED) is 0.556. The van der Waals surface area contributed by atoms with E-state index in [1.54, 1.807) is 0 Å². The lowest BCUT2D eigenvalue weighted by molar-refractivity contribution is -0.0714. The van der Waals surface area contributed by atoms with E-state index in [0.717, 1.165) is 32.5 Å². The fourth-order valence-electron chi connectivity index (χ4n) is 1.50. The van der Waals surface area contributed by atoms with E-state index < -0.39 is 0 Å². The fourth-order valence-corrected chi connectivity index (χ4v) is 1.50. The summed E-state index contributed by atoms with van der Waals surface area (Å²) >= 11 is 0. The van der Waals surface area contributed by atoms with Gasteiger partial charge < -0.3 is 9.47 Å². The van der Waals surface area contributed by atoms with Crippen LogP contribution in [0.4, 0.5) is 0 Å². The molecule has 0 saturated carbocycles. The molecule has 0 aliphatic heterocycles. The molecule has 0 spiro atoms. The monoisotopic (exact) mass is 228 g/mol. The van der Waals surface area contributed by atoms with Crippen molar-refractivity contribution in [3.8, 4) is 0 Å². The summed E-state index contributed by atoms with van der Waals surface area (Å²) in [5, 5.41) is 0. The van der Waals surface area contributed by atoms with Crippen molar-refractivity contribution >= 4 is 0 Å². The SMILES string of the molecule is C=CC(C)(CC)OCCC(C)(CC)OCC. The predicted molar refractivity (Wildman–Crippen MR) is 69.8 cm³/mol. The Labute approximate surface area is 101 Å². The third-order valence-corrected chi connectivity index (χ3v) is 3.44. The second kappa shape index (κ2) is 7.08. The van der Waals surface area contributed by atoms with E-state index in [9.17, 15) is 0 Å². The zero-order valence-electron chi connectivity index (χ0n) is 11.6. The van der Waals surface area contributed by atoms with Gasteiger partial charge >= 0.3 is 0 Å². The Morgan fingerprint density at radius 1 is 1.06 bits per heavy atom. The van der Waals surface area contributed by atoms with Crippen LogP contribution >= 0.6 is 0 Å². The van der Waals surface area contributed by atoms with Gasteiger partial charge in [0.25, 0.3) is 0 Å². The van der Waals surface area contributed by atoms with E-state index in [0.29, 0.717) is 0 Å². The van der Waals surface area contributed by atoms with E-state index in [4.69, 9.17) is 9.47 Å². The highest BCUT2D eigenvalue weighted by Crippen LogP contribution is 2.23. The van der Waals surface area contributed by atoms with Crippen LogP contribution in [0.15, 0.2) is 12.7 Å². The molecule has 2 unspecified atom stereocenters. The Balaban J connectivity index is 4.08. The van der Waals surface area contributed by atoms with Gasteiger partial charge in [-0.3, -0.25) is 0 Å². The summed E-state index contributed by atoms with van der Waals surface area (Å²) < 4.78 is 11.6. The van der Waals surface area contributed by atoms with Gasteiger partial charge in [-0.15, -0.1) is 6.58 Å². The van der Waals surface area contributed by atoms with Crippen molar-refractivity contribution in [3.63, 3.8) is 0 Å². The van der Waals surface area contributed by atoms with Crippen LogP contribution < -0.4 is 0 Å². The summed E-state index contributed by atoms with van der Waals surface area (Å²) in [7, 11) is 0. The maximum atomic E-state index is 5.87. The van der Waals surface area contributed by atoms with Gasteiger partial charge in [-0.2, -0.15) is 0 Å². The molecule has 0 rings (SSSR count). The summed E-state index contributed by atoms with van der Waals surface area (Å²) in [6.45, 7) is 15.8. The lowest BCUT2D eigenvalue weighted by atomic mass is 9.98. The molecule has 2 heteroatoms. The first kappa shape index (κ1) is 15.7. The maximum absolute atomic E-state index is 5.87. The highest BCUT2D eigenvalue weighted by atomic mass is 16.5. The Bertz CT molecular complexity index is 203. The normalized spacial score (nSPS) is 18.8. The van der Waals surface area contributed by atoms with Gasteiger partial charge in [-0.05, 0) is 40.0 Å². The molecular weight excluding hydrogens is 200 g/mol. The van der Waals surface area contributed by atoms with Crippen LogP contribution in [-0.2, 0) is 9.47 Å². The van der Waals surface area contributed by atoms with Crippen molar-refractivity contribution in [2.75, 3.05) is 13.2 Å². The van der Waals surface area contributed by atoms with Crippen molar-refractivity contribution in [2.45, 2.75) is 65.1 Å². The first-order valence-corrected chi connectivity index (χ1v) is 6.36. The van der Waals surface area contributed by atoms with E-state index in [1.165, 1.54) is 0 Å².